The number of hydrogen-bond acceptors (Lipinski definition) is 2. The van der Waals surface area contributed by atoms with Crippen molar-refractivity contribution in [3.8, 4) is 0 Å². The van der Waals surface area contributed by atoms with E-state index in [-0.39, 0.29) is 0 Å². The highest BCUT2D eigenvalue weighted by atomic mass is 32.1. The highest BCUT2D eigenvalue weighted by Crippen LogP contribution is 2.44. The molecule has 0 spiro atoms. The molecule has 130 valence electrons. The normalized spacial score (nSPS) is 29.7. The first-order valence-electron chi connectivity index (χ1n) is 9.60. The molecule has 3 nitrogen and oxygen atoms in total. The summed E-state index contributed by atoms with van der Waals surface area (Å²) in [4.78, 5) is 2.50. The zero-order chi connectivity index (χ0) is 16.5. The molecule has 24 heavy (non-hydrogen) atoms. The number of anilines is 2. The molecule has 1 heterocycles. The predicted octanol–water partition coefficient (Wildman–Crippen LogP) is 4.40. The zero-order valence-corrected chi connectivity index (χ0v) is 15.4. The van der Waals surface area contributed by atoms with Crippen LogP contribution in [0.4, 0.5) is 11.4 Å². The van der Waals surface area contributed by atoms with E-state index in [2.05, 4.69) is 46.7 Å². The smallest absolute Gasteiger partial charge is 0.171 e. The number of hydrogen-bond donors (Lipinski definition) is 2. The minimum absolute atomic E-state index is 0.596. The highest BCUT2D eigenvalue weighted by Gasteiger charge is 2.39. The third-order valence-electron chi connectivity index (χ3n) is 6.33. The monoisotopic (exact) mass is 343 g/mol. The Morgan fingerprint density at radius 3 is 2.42 bits per heavy atom. The average molecular weight is 344 g/mol. The number of nitrogens with one attached hydrogen (secondary N) is 2. The molecule has 0 amide bonds. The van der Waals surface area contributed by atoms with Gasteiger partial charge in [0.05, 0.1) is 0 Å². The van der Waals surface area contributed by atoms with E-state index in [0.717, 1.165) is 28.6 Å². The van der Waals surface area contributed by atoms with Crippen molar-refractivity contribution in [1.29, 1.82) is 0 Å². The molecule has 3 fully saturated rings. The molecule has 0 radical (unpaired) electrons. The molecule has 2 aliphatic carbocycles. The maximum atomic E-state index is 5.53. The lowest BCUT2D eigenvalue weighted by Crippen LogP contribution is -2.40. The minimum atomic E-state index is 0.596. The van der Waals surface area contributed by atoms with Gasteiger partial charge in [-0.05, 0) is 86.3 Å². The molecule has 4 heteroatoms. The summed E-state index contributed by atoms with van der Waals surface area (Å²) in [6.07, 6.45) is 8.13. The lowest BCUT2D eigenvalue weighted by Gasteiger charge is -2.32. The molecule has 3 aliphatic rings. The molecule has 2 saturated carbocycles. The van der Waals surface area contributed by atoms with Gasteiger partial charge in [-0.1, -0.05) is 13.3 Å². The van der Waals surface area contributed by atoms with Crippen LogP contribution in [0.3, 0.4) is 0 Å². The van der Waals surface area contributed by atoms with Gasteiger partial charge in [0.1, 0.15) is 0 Å². The summed E-state index contributed by atoms with van der Waals surface area (Å²) in [6, 6.07) is 9.35. The molecule has 2 N–H and O–H groups in total. The summed E-state index contributed by atoms with van der Waals surface area (Å²) < 4.78 is 0. The molecule has 1 aromatic carbocycles. The first-order chi connectivity index (χ1) is 11.7. The number of nitrogens with zero attached hydrogens (tertiary/aromatic N) is 1. The Morgan fingerprint density at radius 1 is 1.04 bits per heavy atom. The van der Waals surface area contributed by atoms with Crippen LogP contribution in [0.5, 0.6) is 0 Å². The summed E-state index contributed by atoms with van der Waals surface area (Å²) in [6.45, 7) is 4.71. The second kappa shape index (κ2) is 6.91. The van der Waals surface area contributed by atoms with E-state index in [4.69, 9.17) is 12.2 Å². The third kappa shape index (κ3) is 3.53. The lowest BCUT2D eigenvalue weighted by molar-refractivity contribution is 0.392. The number of rotatable bonds is 3. The molecule has 1 saturated heterocycles. The maximum absolute atomic E-state index is 5.53. The van der Waals surface area contributed by atoms with Crippen molar-refractivity contribution < 1.29 is 0 Å². The van der Waals surface area contributed by atoms with E-state index in [0.29, 0.717) is 6.04 Å². The van der Waals surface area contributed by atoms with Gasteiger partial charge in [-0.2, -0.15) is 0 Å². The highest BCUT2D eigenvalue weighted by molar-refractivity contribution is 7.80. The van der Waals surface area contributed by atoms with Gasteiger partial charge in [0.15, 0.2) is 5.11 Å². The van der Waals surface area contributed by atoms with Crippen molar-refractivity contribution in [2.24, 2.45) is 17.8 Å². The zero-order valence-electron chi connectivity index (χ0n) is 14.6. The summed E-state index contributed by atoms with van der Waals surface area (Å²) in [5.41, 5.74) is 2.42. The molecule has 1 aromatic rings. The summed E-state index contributed by atoms with van der Waals surface area (Å²) in [5.74, 6) is 2.66. The Kier molecular flexibility index (Phi) is 4.66. The van der Waals surface area contributed by atoms with Gasteiger partial charge < -0.3 is 15.5 Å². The van der Waals surface area contributed by atoms with E-state index in [1.54, 1.807) is 0 Å². The fourth-order valence-corrected chi connectivity index (χ4v) is 5.05. The molecule has 4 rings (SSSR count). The van der Waals surface area contributed by atoms with Crippen molar-refractivity contribution in [3.05, 3.63) is 24.3 Å². The van der Waals surface area contributed by atoms with Gasteiger partial charge >= 0.3 is 0 Å². The van der Waals surface area contributed by atoms with Crippen LogP contribution in [-0.2, 0) is 0 Å². The Morgan fingerprint density at radius 2 is 1.79 bits per heavy atom. The van der Waals surface area contributed by atoms with Crippen molar-refractivity contribution >= 4 is 28.7 Å². The van der Waals surface area contributed by atoms with Crippen LogP contribution in [0, 0.1) is 17.8 Å². The van der Waals surface area contributed by atoms with Crippen molar-refractivity contribution in [2.45, 2.75) is 51.5 Å². The Labute approximate surface area is 151 Å². The van der Waals surface area contributed by atoms with Crippen LogP contribution in [0.2, 0.25) is 0 Å². The number of piperidine rings is 1. The van der Waals surface area contributed by atoms with Crippen LogP contribution in [0.1, 0.15) is 45.4 Å². The fourth-order valence-electron chi connectivity index (χ4n) is 4.78. The van der Waals surface area contributed by atoms with Crippen LogP contribution in [0.25, 0.3) is 0 Å². The van der Waals surface area contributed by atoms with Crippen molar-refractivity contribution in [3.63, 3.8) is 0 Å². The number of fused-ring (bicyclic) bond motifs is 2. The quantitative estimate of drug-likeness (QED) is 0.796. The van der Waals surface area contributed by atoms with Crippen LogP contribution >= 0.6 is 12.2 Å². The number of thiocarbonyl (C=S) groups is 1. The van der Waals surface area contributed by atoms with Gasteiger partial charge in [0, 0.05) is 30.5 Å². The number of benzene rings is 1. The average Bonchev–Trinajstić information content (AvgIpc) is 3.19. The van der Waals surface area contributed by atoms with Crippen LogP contribution in [-0.4, -0.2) is 24.2 Å². The molecular formula is C20H29N3S. The van der Waals surface area contributed by atoms with Gasteiger partial charge in [0.25, 0.3) is 0 Å². The third-order valence-corrected chi connectivity index (χ3v) is 6.55. The largest absolute Gasteiger partial charge is 0.372 e. The fraction of sp³-hybridized carbons (Fsp3) is 0.650. The second-order valence-electron chi connectivity index (χ2n) is 8.10. The molecule has 0 aromatic heterocycles. The Bertz CT molecular complexity index is 577. The SMILES string of the molecule is CC1CCN(c2ccc(NC(=S)N[C@@H]3C[C@H]4CC[C@H]3C4)cc2)CC1. The minimum Gasteiger partial charge on any atom is -0.372 e. The molecule has 1 aliphatic heterocycles. The van der Waals surface area contributed by atoms with E-state index >= 15 is 0 Å². The molecule has 0 unspecified atom stereocenters. The summed E-state index contributed by atoms with van der Waals surface area (Å²) in [5, 5.41) is 7.70. The summed E-state index contributed by atoms with van der Waals surface area (Å²) >= 11 is 5.53. The standard InChI is InChI=1S/C20H29N3S/c1-14-8-10-23(11-9-14)18-6-4-17(5-7-18)21-20(24)22-19-13-15-2-3-16(19)12-15/h4-7,14-16,19H,2-3,8-13H2,1H3,(H2,21,22,24)/t15-,16-,19+/m0/s1. The Balaban J connectivity index is 1.29. The van der Waals surface area contributed by atoms with Gasteiger partial charge in [-0.25, -0.2) is 0 Å². The van der Waals surface area contributed by atoms with E-state index in [9.17, 15) is 0 Å². The molecule has 3 atom stereocenters. The second-order valence-corrected chi connectivity index (χ2v) is 8.50. The van der Waals surface area contributed by atoms with Crippen LogP contribution in [0.15, 0.2) is 24.3 Å². The van der Waals surface area contributed by atoms with Crippen molar-refractivity contribution in [2.75, 3.05) is 23.3 Å². The van der Waals surface area contributed by atoms with E-state index in [1.165, 1.54) is 57.3 Å². The first-order valence-corrected chi connectivity index (χ1v) is 10.0. The van der Waals surface area contributed by atoms with Gasteiger partial charge in [-0.3, -0.25) is 0 Å². The van der Waals surface area contributed by atoms with E-state index < -0.39 is 0 Å². The first kappa shape index (κ1) is 16.2. The van der Waals surface area contributed by atoms with Crippen LogP contribution < -0.4 is 15.5 Å². The lowest BCUT2D eigenvalue weighted by atomic mass is 9.96. The van der Waals surface area contributed by atoms with E-state index in [1.807, 2.05) is 0 Å². The Hall–Kier alpha value is -1.29. The predicted molar refractivity (Wildman–Crippen MR) is 106 cm³/mol. The van der Waals surface area contributed by atoms with Gasteiger partial charge in [-0.15, -0.1) is 0 Å². The topological polar surface area (TPSA) is 27.3 Å². The van der Waals surface area contributed by atoms with Crippen molar-refractivity contribution in [1.82, 2.24) is 5.32 Å². The summed E-state index contributed by atoms with van der Waals surface area (Å²) in [7, 11) is 0. The molecular weight excluding hydrogens is 314 g/mol. The molecule has 2 bridgehead atoms. The maximum Gasteiger partial charge on any atom is 0.171 e. The van der Waals surface area contributed by atoms with Gasteiger partial charge in [0.2, 0.25) is 0 Å².